The molecule has 2 aliphatic rings. The molecule has 0 saturated heterocycles. The van der Waals surface area contributed by atoms with Crippen LogP contribution in [0.3, 0.4) is 0 Å². The molecule has 3 rings (SSSR count). The number of hydrogen-bond donors (Lipinski definition) is 1. The Morgan fingerprint density at radius 1 is 1.15 bits per heavy atom. The summed E-state index contributed by atoms with van der Waals surface area (Å²) >= 11 is 2.01. The molecular weight excluding hydrogens is 264 g/mol. The van der Waals surface area contributed by atoms with Crippen molar-refractivity contribution < 1.29 is 0 Å². The van der Waals surface area contributed by atoms with Crippen LogP contribution in [0, 0.1) is 5.92 Å². The number of rotatable bonds is 7. The molecule has 1 aromatic heterocycles. The number of aromatic nitrogens is 1. The maximum absolute atomic E-state index is 5.08. The van der Waals surface area contributed by atoms with E-state index in [0.717, 1.165) is 30.8 Å². The summed E-state index contributed by atoms with van der Waals surface area (Å²) < 4.78 is 0. The van der Waals surface area contributed by atoms with Gasteiger partial charge in [-0.25, -0.2) is 4.98 Å². The standard InChI is InChI=1S/C17H28N2S/c1-3-9-18-11-15-16(13-7-8-13)19-17(20-15)14-6-5-12(4-2)10-14/h12-14,18H,3-11H2,1-2H3. The highest BCUT2D eigenvalue weighted by Gasteiger charge is 2.32. The van der Waals surface area contributed by atoms with Gasteiger partial charge in [0.05, 0.1) is 10.7 Å². The second kappa shape index (κ2) is 6.57. The zero-order valence-electron chi connectivity index (χ0n) is 13.0. The van der Waals surface area contributed by atoms with E-state index in [1.165, 1.54) is 60.5 Å². The Labute approximate surface area is 127 Å². The Balaban J connectivity index is 1.70. The van der Waals surface area contributed by atoms with Crippen LogP contribution in [0.5, 0.6) is 0 Å². The average Bonchev–Trinajstić information content (AvgIpc) is 3.04. The van der Waals surface area contributed by atoms with Gasteiger partial charge in [0.15, 0.2) is 0 Å². The first-order valence-corrected chi connectivity index (χ1v) is 9.33. The van der Waals surface area contributed by atoms with Crippen molar-refractivity contribution in [3.8, 4) is 0 Å². The van der Waals surface area contributed by atoms with Crippen LogP contribution in [-0.2, 0) is 6.54 Å². The summed E-state index contributed by atoms with van der Waals surface area (Å²) in [5.41, 5.74) is 1.45. The Morgan fingerprint density at radius 2 is 1.95 bits per heavy atom. The molecule has 1 N–H and O–H groups in total. The van der Waals surface area contributed by atoms with Crippen molar-refractivity contribution in [2.75, 3.05) is 6.54 Å². The van der Waals surface area contributed by atoms with Crippen LogP contribution in [0.25, 0.3) is 0 Å². The van der Waals surface area contributed by atoms with Crippen molar-refractivity contribution in [1.29, 1.82) is 0 Å². The number of nitrogens with zero attached hydrogens (tertiary/aromatic N) is 1. The number of hydrogen-bond acceptors (Lipinski definition) is 3. The molecule has 2 nitrogen and oxygen atoms in total. The summed E-state index contributed by atoms with van der Waals surface area (Å²) in [6.45, 7) is 6.74. The van der Waals surface area contributed by atoms with Gasteiger partial charge in [-0.3, -0.25) is 0 Å². The SMILES string of the molecule is CCCNCc1sc(C2CCC(CC)C2)nc1C1CC1. The molecule has 0 aromatic carbocycles. The minimum absolute atomic E-state index is 0.766. The third-order valence-electron chi connectivity index (χ3n) is 4.89. The maximum atomic E-state index is 5.08. The predicted octanol–water partition coefficient (Wildman–Crippen LogP) is 4.81. The van der Waals surface area contributed by atoms with Crippen molar-refractivity contribution in [2.45, 2.75) is 77.2 Å². The van der Waals surface area contributed by atoms with Crippen LogP contribution in [0.1, 0.15) is 86.2 Å². The van der Waals surface area contributed by atoms with Crippen molar-refractivity contribution in [3.63, 3.8) is 0 Å². The van der Waals surface area contributed by atoms with Crippen LogP contribution in [0.15, 0.2) is 0 Å². The number of thiazole rings is 1. The molecular formula is C17H28N2S. The molecule has 1 heterocycles. The summed E-state index contributed by atoms with van der Waals surface area (Å²) in [4.78, 5) is 6.62. The first-order chi connectivity index (χ1) is 9.81. The van der Waals surface area contributed by atoms with E-state index in [2.05, 4.69) is 19.2 Å². The number of nitrogens with one attached hydrogen (secondary N) is 1. The molecule has 0 aliphatic heterocycles. The highest BCUT2D eigenvalue weighted by molar-refractivity contribution is 7.11. The van der Waals surface area contributed by atoms with Crippen molar-refractivity contribution in [2.24, 2.45) is 5.92 Å². The van der Waals surface area contributed by atoms with E-state index in [9.17, 15) is 0 Å². The second-order valence-corrected chi connectivity index (χ2v) is 7.71. The first kappa shape index (κ1) is 14.5. The maximum Gasteiger partial charge on any atom is 0.0962 e. The third kappa shape index (κ3) is 3.25. The molecule has 3 heteroatoms. The lowest BCUT2D eigenvalue weighted by atomic mass is 10.0. The molecule has 0 spiro atoms. The van der Waals surface area contributed by atoms with Gasteiger partial charge in [0.25, 0.3) is 0 Å². The van der Waals surface area contributed by atoms with Gasteiger partial charge in [0, 0.05) is 23.3 Å². The molecule has 2 aliphatic carbocycles. The fourth-order valence-electron chi connectivity index (χ4n) is 3.41. The van der Waals surface area contributed by atoms with E-state index >= 15 is 0 Å². The van der Waals surface area contributed by atoms with Crippen molar-refractivity contribution in [1.82, 2.24) is 10.3 Å². The summed E-state index contributed by atoms with van der Waals surface area (Å²) in [5.74, 6) is 2.51. The first-order valence-electron chi connectivity index (χ1n) is 8.52. The quantitative estimate of drug-likeness (QED) is 0.729. The van der Waals surface area contributed by atoms with Gasteiger partial charge < -0.3 is 5.32 Å². The van der Waals surface area contributed by atoms with Crippen LogP contribution in [-0.4, -0.2) is 11.5 Å². The molecule has 0 amide bonds. The summed E-state index contributed by atoms with van der Waals surface area (Å²) in [6.07, 6.45) is 9.47. The van der Waals surface area contributed by atoms with Crippen molar-refractivity contribution in [3.05, 3.63) is 15.6 Å². The fraction of sp³-hybridized carbons (Fsp3) is 0.824. The molecule has 2 saturated carbocycles. The summed E-state index contributed by atoms with van der Waals surface area (Å²) in [7, 11) is 0. The zero-order valence-corrected chi connectivity index (χ0v) is 13.8. The van der Waals surface area contributed by atoms with E-state index in [1.807, 2.05) is 11.3 Å². The van der Waals surface area contributed by atoms with Gasteiger partial charge in [-0.1, -0.05) is 20.3 Å². The lowest BCUT2D eigenvalue weighted by Gasteiger charge is -2.06. The molecule has 1 aromatic rings. The monoisotopic (exact) mass is 292 g/mol. The smallest absolute Gasteiger partial charge is 0.0962 e. The van der Waals surface area contributed by atoms with Gasteiger partial charge in [-0.2, -0.15) is 0 Å². The van der Waals surface area contributed by atoms with E-state index in [1.54, 1.807) is 0 Å². The Hall–Kier alpha value is -0.410. The lowest BCUT2D eigenvalue weighted by Crippen LogP contribution is -2.13. The lowest BCUT2D eigenvalue weighted by molar-refractivity contribution is 0.521. The van der Waals surface area contributed by atoms with Crippen LogP contribution < -0.4 is 5.32 Å². The minimum atomic E-state index is 0.766. The fourth-order valence-corrected chi connectivity index (χ4v) is 4.68. The van der Waals surface area contributed by atoms with Gasteiger partial charge in [-0.15, -0.1) is 11.3 Å². The topological polar surface area (TPSA) is 24.9 Å². The van der Waals surface area contributed by atoms with Gasteiger partial charge in [-0.05, 0) is 51.0 Å². The van der Waals surface area contributed by atoms with E-state index in [0.29, 0.717) is 0 Å². The highest BCUT2D eigenvalue weighted by atomic mass is 32.1. The zero-order chi connectivity index (χ0) is 13.9. The minimum Gasteiger partial charge on any atom is -0.312 e. The highest BCUT2D eigenvalue weighted by Crippen LogP contribution is 2.46. The molecule has 112 valence electrons. The van der Waals surface area contributed by atoms with E-state index < -0.39 is 0 Å². The van der Waals surface area contributed by atoms with E-state index in [-0.39, 0.29) is 0 Å². The van der Waals surface area contributed by atoms with Gasteiger partial charge >= 0.3 is 0 Å². The Morgan fingerprint density at radius 3 is 2.60 bits per heavy atom. The molecule has 0 bridgehead atoms. The Bertz CT molecular complexity index is 436. The van der Waals surface area contributed by atoms with Crippen LogP contribution >= 0.6 is 11.3 Å². The van der Waals surface area contributed by atoms with Crippen molar-refractivity contribution >= 4 is 11.3 Å². The third-order valence-corrected chi connectivity index (χ3v) is 6.12. The van der Waals surface area contributed by atoms with Crippen LogP contribution in [0.2, 0.25) is 0 Å². The predicted molar refractivity (Wildman–Crippen MR) is 86.5 cm³/mol. The molecule has 20 heavy (non-hydrogen) atoms. The van der Waals surface area contributed by atoms with Crippen LogP contribution in [0.4, 0.5) is 0 Å². The molecule has 2 fully saturated rings. The van der Waals surface area contributed by atoms with Gasteiger partial charge in [0.2, 0.25) is 0 Å². The summed E-state index contributed by atoms with van der Waals surface area (Å²) in [6, 6.07) is 0. The normalized spacial score (nSPS) is 26.3. The summed E-state index contributed by atoms with van der Waals surface area (Å²) in [5, 5.41) is 5.02. The average molecular weight is 292 g/mol. The molecule has 2 unspecified atom stereocenters. The second-order valence-electron chi connectivity index (χ2n) is 6.60. The van der Waals surface area contributed by atoms with Gasteiger partial charge in [0.1, 0.15) is 0 Å². The van der Waals surface area contributed by atoms with E-state index in [4.69, 9.17) is 4.98 Å². The largest absolute Gasteiger partial charge is 0.312 e. The molecule has 2 atom stereocenters. The Kier molecular flexibility index (Phi) is 4.77. The molecule has 0 radical (unpaired) electrons.